The summed E-state index contributed by atoms with van der Waals surface area (Å²) in [6.45, 7) is 2.15. The van der Waals surface area contributed by atoms with Crippen molar-refractivity contribution in [2.24, 2.45) is 5.73 Å². The van der Waals surface area contributed by atoms with Gasteiger partial charge in [-0.15, -0.1) is 0 Å². The average Bonchev–Trinajstić information content (AvgIpc) is 2.47. The van der Waals surface area contributed by atoms with Gasteiger partial charge in [-0.05, 0) is 35.2 Å². The Labute approximate surface area is 108 Å². The molecule has 2 aromatic carbocycles. The molecule has 0 fully saturated rings. The molecule has 2 heteroatoms. The van der Waals surface area contributed by atoms with Gasteiger partial charge in [-0.2, -0.15) is 0 Å². The maximum atomic E-state index is 6.26. The molecular weight excluding hydrogens is 222 g/mol. The van der Waals surface area contributed by atoms with Crippen LogP contribution in [0.4, 0.5) is 0 Å². The van der Waals surface area contributed by atoms with Crippen molar-refractivity contribution >= 4 is 0 Å². The van der Waals surface area contributed by atoms with Crippen LogP contribution in [0.15, 0.2) is 48.5 Å². The monoisotopic (exact) mass is 241 g/mol. The number of nitrogens with two attached hydrogens (primary N) is 1. The third-order valence-electron chi connectivity index (χ3n) is 3.22. The van der Waals surface area contributed by atoms with Crippen molar-refractivity contribution < 1.29 is 4.74 Å². The highest BCUT2D eigenvalue weighted by atomic mass is 16.5. The molecule has 0 aliphatic carbocycles. The first kappa shape index (κ1) is 12.7. The van der Waals surface area contributed by atoms with Crippen molar-refractivity contribution in [3.63, 3.8) is 0 Å². The number of benzene rings is 2. The molecule has 0 amide bonds. The van der Waals surface area contributed by atoms with Gasteiger partial charge >= 0.3 is 0 Å². The Morgan fingerprint density at radius 1 is 0.944 bits per heavy atom. The van der Waals surface area contributed by atoms with E-state index >= 15 is 0 Å². The lowest BCUT2D eigenvalue weighted by molar-refractivity contribution is 0.414. The minimum Gasteiger partial charge on any atom is -0.497 e. The molecular formula is C16H19NO. The Kier molecular flexibility index (Phi) is 4.00. The van der Waals surface area contributed by atoms with Crippen LogP contribution in [-0.2, 0) is 6.42 Å². The van der Waals surface area contributed by atoms with Crippen LogP contribution in [0, 0.1) is 0 Å². The maximum absolute atomic E-state index is 6.26. The average molecular weight is 241 g/mol. The van der Waals surface area contributed by atoms with E-state index in [4.69, 9.17) is 10.5 Å². The second-order valence-corrected chi connectivity index (χ2v) is 4.35. The molecule has 0 heterocycles. The van der Waals surface area contributed by atoms with Crippen molar-refractivity contribution in [3.8, 4) is 5.75 Å². The van der Waals surface area contributed by atoms with Gasteiger partial charge < -0.3 is 10.5 Å². The maximum Gasteiger partial charge on any atom is 0.118 e. The first-order valence-corrected chi connectivity index (χ1v) is 6.23. The first-order chi connectivity index (χ1) is 8.74. The van der Waals surface area contributed by atoms with Gasteiger partial charge in [0.2, 0.25) is 0 Å². The summed E-state index contributed by atoms with van der Waals surface area (Å²) in [5, 5.41) is 0. The predicted octanol–water partition coefficient (Wildman–Crippen LogP) is 3.31. The molecule has 94 valence electrons. The van der Waals surface area contributed by atoms with Crippen molar-refractivity contribution in [1.82, 2.24) is 0 Å². The summed E-state index contributed by atoms with van der Waals surface area (Å²) in [7, 11) is 1.67. The summed E-state index contributed by atoms with van der Waals surface area (Å²) in [5.41, 5.74) is 9.83. The molecule has 18 heavy (non-hydrogen) atoms. The van der Waals surface area contributed by atoms with E-state index in [0.29, 0.717) is 0 Å². The molecule has 1 atom stereocenters. The van der Waals surface area contributed by atoms with Crippen molar-refractivity contribution in [2.75, 3.05) is 7.11 Å². The second-order valence-electron chi connectivity index (χ2n) is 4.35. The molecule has 0 spiro atoms. The second kappa shape index (κ2) is 5.69. The third-order valence-corrected chi connectivity index (χ3v) is 3.22. The van der Waals surface area contributed by atoms with Crippen LogP contribution in [0.2, 0.25) is 0 Å². The summed E-state index contributed by atoms with van der Waals surface area (Å²) in [6, 6.07) is 16.3. The summed E-state index contributed by atoms with van der Waals surface area (Å²) in [4.78, 5) is 0. The smallest absolute Gasteiger partial charge is 0.118 e. The molecule has 0 bridgehead atoms. The van der Waals surface area contributed by atoms with Crippen molar-refractivity contribution in [2.45, 2.75) is 19.4 Å². The number of hydrogen-bond donors (Lipinski definition) is 1. The number of rotatable bonds is 4. The lowest BCUT2D eigenvalue weighted by Gasteiger charge is -2.13. The van der Waals surface area contributed by atoms with E-state index in [2.05, 4.69) is 31.2 Å². The molecule has 0 radical (unpaired) electrons. The van der Waals surface area contributed by atoms with Gasteiger partial charge in [0.05, 0.1) is 13.2 Å². The predicted molar refractivity (Wildman–Crippen MR) is 74.8 cm³/mol. The van der Waals surface area contributed by atoms with Crippen molar-refractivity contribution in [1.29, 1.82) is 0 Å². The summed E-state index contributed by atoms with van der Waals surface area (Å²) < 4.78 is 5.14. The molecule has 0 aromatic heterocycles. The lowest BCUT2D eigenvalue weighted by atomic mass is 9.98. The van der Waals surface area contributed by atoms with Crippen LogP contribution in [0.1, 0.15) is 29.7 Å². The van der Waals surface area contributed by atoms with E-state index in [-0.39, 0.29) is 6.04 Å². The number of ether oxygens (including phenoxy) is 1. The number of aryl methyl sites for hydroxylation is 1. The Morgan fingerprint density at radius 3 is 1.89 bits per heavy atom. The summed E-state index contributed by atoms with van der Waals surface area (Å²) in [6.07, 6.45) is 1.05. The highest BCUT2D eigenvalue weighted by Gasteiger charge is 2.08. The molecule has 0 aliphatic heterocycles. The highest BCUT2D eigenvalue weighted by Crippen LogP contribution is 2.22. The van der Waals surface area contributed by atoms with Crippen LogP contribution < -0.4 is 10.5 Å². The molecule has 2 N–H and O–H groups in total. The largest absolute Gasteiger partial charge is 0.497 e. The van der Waals surface area contributed by atoms with Crippen molar-refractivity contribution in [3.05, 3.63) is 65.2 Å². The zero-order valence-electron chi connectivity index (χ0n) is 10.9. The van der Waals surface area contributed by atoms with Gasteiger partial charge in [-0.3, -0.25) is 0 Å². The SMILES string of the molecule is CCc1ccc(C(N)c2ccc(OC)cc2)cc1. The van der Waals surface area contributed by atoms with Crippen LogP contribution in [0.5, 0.6) is 5.75 Å². The zero-order valence-corrected chi connectivity index (χ0v) is 10.9. The van der Waals surface area contributed by atoms with E-state index in [1.165, 1.54) is 5.56 Å². The summed E-state index contributed by atoms with van der Waals surface area (Å²) >= 11 is 0. The Bertz CT molecular complexity index is 440. The molecule has 0 saturated heterocycles. The first-order valence-electron chi connectivity index (χ1n) is 6.23. The normalized spacial score (nSPS) is 12.2. The van der Waals surface area contributed by atoms with E-state index < -0.39 is 0 Å². The topological polar surface area (TPSA) is 35.2 Å². The fourth-order valence-corrected chi connectivity index (χ4v) is 1.96. The van der Waals surface area contributed by atoms with Gasteiger partial charge in [0.25, 0.3) is 0 Å². The Balaban J connectivity index is 2.20. The Morgan fingerprint density at radius 2 is 1.44 bits per heavy atom. The van der Waals surface area contributed by atoms with E-state index in [9.17, 15) is 0 Å². The fourth-order valence-electron chi connectivity index (χ4n) is 1.96. The fraction of sp³-hybridized carbons (Fsp3) is 0.250. The quantitative estimate of drug-likeness (QED) is 0.891. The lowest BCUT2D eigenvalue weighted by Crippen LogP contribution is -2.11. The van der Waals surface area contributed by atoms with Crippen LogP contribution >= 0.6 is 0 Å². The molecule has 1 unspecified atom stereocenters. The van der Waals surface area contributed by atoms with E-state index in [1.807, 2.05) is 24.3 Å². The molecule has 0 aliphatic rings. The summed E-state index contributed by atoms with van der Waals surface area (Å²) in [5.74, 6) is 0.854. The van der Waals surface area contributed by atoms with Gasteiger partial charge in [-0.25, -0.2) is 0 Å². The molecule has 2 rings (SSSR count). The molecule has 2 nitrogen and oxygen atoms in total. The number of hydrogen-bond acceptors (Lipinski definition) is 2. The molecule has 2 aromatic rings. The van der Waals surface area contributed by atoms with Crippen LogP contribution in [-0.4, -0.2) is 7.11 Å². The van der Waals surface area contributed by atoms with Gasteiger partial charge in [0.15, 0.2) is 0 Å². The molecule has 0 saturated carbocycles. The minimum atomic E-state index is -0.0817. The van der Waals surface area contributed by atoms with Gasteiger partial charge in [0, 0.05) is 0 Å². The van der Waals surface area contributed by atoms with E-state index in [0.717, 1.165) is 23.3 Å². The minimum absolute atomic E-state index is 0.0817. The zero-order chi connectivity index (χ0) is 13.0. The third kappa shape index (κ3) is 2.71. The van der Waals surface area contributed by atoms with E-state index in [1.54, 1.807) is 7.11 Å². The van der Waals surface area contributed by atoms with Crippen LogP contribution in [0.25, 0.3) is 0 Å². The van der Waals surface area contributed by atoms with Gasteiger partial charge in [0.1, 0.15) is 5.75 Å². The Hall–Kier alpha value is -1.80. The van der Waals surface area contributed by atoms with Gasteiger partial charge in [-0.1, -0.05) is 43.3 Å². The standard InChI is InChI=1S/C16H19NO/c1-3-12-4-6-13(7-5-12)16(17)14-8-10-15(18-2)11-9-14/h4-11,16H,3,17H2,1-2H3. The van der Waals surface area contributed by atoms with Crippen LogP contribution in [0.3, 0.4) is 0 Å². The highest BCUT2D eigenvalue weighted by molar-refractivity contribution is 5.36. The number of methoxy groups -OCH3 is 1.